The van der Waals surface area contributed by atoms with Gasteiger partial charge in [0.15, 0.2) is 0 Å². The largest absolute Gasteiger partial charge is 0.369 e. The van der Waals surface area contributed by atoms with Gasteiger partial charge in [-0.1, -0.05) is 41.1 Å². The van der Waals surface area contributed by atoms with Crippen LogP contribution < -0.4 is 10.6 Å². The van der Waals surface area contributed by atoms with Crippen LogP contribution in [0.15, 0.2) is 41.1 Å². The Hall–Kier alpha value is -1.95. The van der Waals surface area contributed by atoms with E-state index in [-0.39, 0.29) is 5.91 Å². The number of benzene rings is 1. The van der Waals surface area contributed by atoms with Crippen molar-refractivity contribution in [3.8, 4) is 0 Å². The predicted molar refractivity (Wildman–Crippen MR) is 86.1 cm³/mol. The van der Waals surface area contributed by atoms with Crippen molar-refractivity contribution < 1.29 is 4.79 Å². The molecule has 6 heteroatoms. The zero-order chi connectivity index (χ0) is 15.1. The van der Waals surface area contributed by atoms with Crippen LogP contribution in [0.2, 0.25) is 0 Å². The molecule has 2 aromatic rings. The van der Waals surface area contributed by atoms with E-state index >= 15 is 0 Å². The maximum Gasteiger partial charge on any atom is 0.271 e. The van der Waals surface area contributed by atoms with E-state index in [2.05, 4.69) is 43.5 Å². The fourth-order valence-corrected chi connectivity index (χ4v) is 2.15. The summed E-state index contributed by atoms with van der Waals surface area (Å²) in [6.07, 6.45) is 4.06. The molecule has 0 aliphatic heterocycles. The molecule has 2 rings (SSSR count). The second-order valence-corrected chi connectivity index (χ2v) is 5.34. The van der Waals surface area contributed by atoms with Gasteiger partial charge in [0.1, 0.15) is 11.5 Å². The Morgan fingerprint density at radius 3 is 2.86 bits per heavy atom. The second kappa shape index (κ2) is 7.73. The Morgan fingerprint density at radius 2 is 2.10 bits per heavy atom. The molecule has 1 heterocycles. The molecule has 0 spiro atoms. The van der Waals surface area contributed by atoms with E-state index in [0.717, 1.165) is 23.0 Å². The Bertz CT molecular complexity index is 618. The van der Waals surface area contributed by atoms with Gasteiger partial charge in [0.05, 0.1) is 12.4 Å². The minimum absolute atomic E-state index is 0.238. The zero-order valence-electron chi connectivity index (χ0n) is 11.8. The molecule has 0 aliphatic rings. The Morgan fingerprint density at radius 1 is 1.29 bits per heavy atom. The van der Waals surface area contributed by atoms with Gasteiger partial charge >= 0.3 is 0 Å². The average molecular weight is 349 g/mol. The highest BCUT2D eigenvalue weighted by atomic mass is 79.9. The molecule has 1 aromatic heterocycles. The van der Waals surface area contributed by atoms with Crippen LogP contribution in [0.5, 0.6) is 0 Å². The van der Waals surface area contributed by atoms with E-state index in [1.54, 1.807) is 6.20 Å². The highest BCUT2D eigenvalue weighted by Gasteiger charge is 2.09. The van der Waals surface area contributed by atoms with Crippen LogP contribution in [0.1, 0.15) is 29.4 Å². The third kappa shape index (κ3) is 4.53. The van der Waals surface area contributed by atoms with E-state index in [1.807, 2.05) is 24.3 Å². The number of carbonyl (C=O) groups excluding carboxylic acids is 1. The molecular formula is C15H17BrN4O. The fraction of sp³-hybridized carbons (Fsp3) is 0.267. The number of hydrogen-bond donors (Lipinski definition) is 2. The highest BCUT2D eigenvalue weighted by Crippen LogP contribution is 2.15. The van der Waals surface area contributed by atoms with E-state index in [0.29, 0.717) is 18.1 Å². The number of aromatic nitrogens is 2. The van der Waals surface area contributed by atoms with E-state index in [9.17, 15) is 4.79 Å². The first kappa shape index (κ1) is 15.4. The fourth-order valence-electron chi connectivity index (χ4n) is 1.72. The molecule has 5 nitrogen and oxygen atoms in total. The van der Waals surface area contributed by atoms with Crippen molar-refractivity contribution in [1.29, 1.82) is 0 Å². The summed E-state index contributed by atoms with van der Waals surface area (Å²) >= 11 is 3.45. The number of nitrogens with zero attached hydrogens (tertiary/aromatic N) is 2. The lowest BCUT2D eigenvalue weighted by atomic mass is 10.2. The number of anilines is 1. The van der Waals surface area contributed by atoms with Crippen LogP contribution in [0, 0.1) is 0 Å². The van der Waals surface area contributed by atoms with Gasteiger partial charge in [0.25, 0.3) is 5.91 Å². The first-order valence-corrected chi connectivity index (χ1v) is 7.57. The van der Waals surface area contributed by atoms with Gasteiger partial charge < -0.3 is 10.6 Å². The molecular weight excluding hydrogens is 332 g/mol. The molecule has 0 bridgehead atoms. The summed E-state index contributed by atoms with van der Waals surface area (Å²) in [6.45, 7) is 3.31. The van der Waals surface area contributed by atoms with Gasteiger partial charge in [0.2, 0.25) is 0 Å². The monoisotopic (exact) mass is 348 g/mol. The van der Waals surface area contributed by atoms with Crippen LogP contribution in [0.4, 0.5) is 5.82 Å². The zero-order valence-corrected chi connectivity index (χ0v) is 13.4. The number of nitrogens with one attached hydrogen (secondary N) is 2. The van der Waals surface area contributed by atoms with Crippen molar-refractivity contribution in [2.24, 2.45) is 0 Å². The number of rotatable bonds is 6. The second-order valence-electron chi connectivity index (χ2n) is 4.49. The van der Waals surface area contributed by atoms with E-state index < -0.39 is 0 Å². The molecule has 0 radical (unpaired) electrons. The van der Waals surface area contributed by atoms with E-state index in [4.69, 9.17) is 0 Å². The van der Waals surface area contributed by atoms with Gasteiger partial charge in [-0.25, -0.2) is 4.98 Å². The normalized spacial score (nSPS) is 10.2. The van der Waals surface area contributed by atoms with Crippen LogP contribution in [-0.4, -0.2) is 22.4 Å². The lowest BCUT2D eigenvalue weighted by Crippen LogP contribution is -2.24. The van der Waals surface area contributed by atoms with Crippen LogP contribution >= 0.6 is 15.9 Å². The van der Waals surface area contributed by atoms with Crippen molar-refractivity contribution >= 4 is 27.7 Å². The first-order valence-electron chi connectivity index (χ1n) is 6.78. The third-order valence-electron chi connectivity index (χ3n) is 2.82. The molecule has 0 fully saturated rings. The number of amides is 1. The van der Waals surface area contributed by atoms with Crippen molar-refractivity contribution in [2.75, 3.05) is 11.9 Å². The predicted octanol–water partition coefficient (Wildman–Crippen LogP) is 2.99. The number of carbonyl (C=O) groups is 1. The molecule has 0 aliphatic carbocycles. The Labute approximate surface area is 132 Å². The first-order chi connectivity index (χ1) is 10.2. The molecule has 21 heavy (non-hydrogen) atoms. The maximum absolute atomic E-state index is 12.1. The maximum atomic E-state index is 12.1. The van der Waals surface area contributed by atoms with Gasteiger partial charge in [-0.2, -0.15) is 0 Å². The molecule has 0 atom stereocenters. The topological polar surface area (TPSA) is 66.9 Å². The Kier molecular flexibility index (Phi) is 5.68. The number of hydrogen-bond acceptors (Lipinski definition) is 4. The smallest absolute Gasteiger partial charge is 0.271 e. The summed E-state index contributed by atoms with van der Waals surface area (Å²) < 4.78 is 0.967. The Balaban J connectivity index is 1.98. The van der Waals surface area contributed by atoms with Crippen molar-refractivity contribution in [2.45, 2.75) is 19.9 Å². The van der Waals surface area contributed by atoms with Gasteiger partial charge in [-0.15, -0.1) is 0 Å². The third-order valence-corrected chi connectivity index (χ3v) is 3.59. The van der Waals surface area contributed by atoms with Crippen LogP contribution in [0.25, 0.3) is 0 Å². The molecule has 0 saturated carbocycles. The molecule has 2 N–H and O–H groups in total. The summed E-state index contributed by atoms with van der Waals surface area (Å²) in [7, 11) is 0. The lowest BCUT2D eigenvalue weighted by molar-refractivity contribution is 0.0945. The standard InChI is InChI=1S/C15H17BrN4O/c1-2-7-18-14-10-17-9-13(20-14)15(21)19-8-11-5-3-4-6-12(11)16/h3-6,9-10H,2,7-8H2,1H3,(H,18,20)(H,19,21). The summed E-state index contributed by atoms with van der Waals surface area (Å²) in [5.74, 6) is 0.379. The van der Waals surface area contributed by atoms with Crippen molar-refractivity contribution in [3.63, 3.8) is 0 Å². The summed E-state index contributed by atoms with van der Waals surface area (Å²) in [5, 5.41) is 5.95. The van der Waals surface area contributed by atoms with Gasteiger partial charge in [-0.05, 0) is 18.1 Å². The molecule has 110 valence electrons. The van der Waals surface area contributed by atoms with Gasteiger partial charge in [0, 0.05) is 17.6 Å². The summed E-state index contributed by atoms with van der Waals surface area (Å²) in [6, 6.07) is 7.76. The number of halogens is 1. The van der Waals surface area contributed by atoms with Crippen LogP contribution in [-0.2, 0) is 6.54 Å². The van der Waals surface area contributed by atoms with Crippen molar-refractivity contribution in [3.05, 3.63) is 52.4 Å². The SMILES string of the molecule is CCCNc1cncc(C(=O)NCc2ccccc2Br)n1. The summed E-state index contributed by atoms with van der Waals surface area (Å²) in [4.78, 5) is 20.4. The molecule has 1 amide bonds. The summed E-state index contributed by atoms with van der Waals surface area (Å²) in [5.41, 5.74) is 1.32. The lowest BCUT2D eigenvalue weighted by Gasteiger charge is -2.08. The molecule has 1 aromatic carbocycles. The average Bonchev–Trinajstić information content (AvgIpc) is 2.52. The van der Waals surface area contributed by atoms with Crippen LogP contribution in [0.3, 0.4) is 0 Å². The van der Waals surface area contributed by atoms with E-state index in [1.165, 1.54) is 6.20 Å². The minimum atomic E-state index is -0.238. The van der Waals surface area contributed by atoms with Gasteiger partial charge in [-0.3, -0.25) is 9.78 Å². The molecule has 0 unspecified atom stereocenters. The quantitative estimate of drug-likeness (QED) is 0.841. The van der Waals surface area contributed by atoms with Crippen molar-refractivity contribution in [1.82, 2.24) is 15.3 Å². The minimum Gasteiger partial charge on any atom is -0.369 e. The molecule has 0 saturated heterocycles. The highest BCUT2D eigenvalue weighted by molar-refractivity contribution is 9.10.